The highest BCUT2D eigenvalue weighted by Crippen LogP contribution is 1.98. The average Bonchev–Trinajstić information content (AvgIpc) is 1.89. The van der Waals surface area contributed by atoms with Crippen LogP contribution in [-0.2, 0) is 0 Å². The Kier molecular flexibility index (Phi) is 7.04. The zero-order valence-corrected chi connectivity index (χ0v) is 7.62. The third-order valence-corrected chi connectivity index (χ3v) is 1.62. The fourth-order valence-corrected chi connectivity index (χ4v) is 1.01. The molecule has 10 heavy (non-hydrogen) atoms. The van der Waals surface area contributed by atoms with Crippen LogP contribution in [0.15, 0.2) is 4.99 Å². The minimum atomic E-state index is 0.777. The summed E-state index contributed by atoms with van der Waals surface area (Å²) < 4.78 is 0. The van der Waals surface area contributed by atoms with Gasteiger partial charge in [0.2, 0.25) is 0 Å². The molecule has 0 heterocycles. The fraction of sp³-hybridized carbons (Fsp3) is 0.875. The van der Waals surface area contributed by atoms with E-state index in [1.54, 1.807) is 0 Å². The molecule has 60 valence electrons. The highest BCUT2D eigenvalue weighted by Gasteiger charge is 1.89. The quantitative estimate of drug-likeness (QED) is 0.334. The van der Waals surface area contributed by atoms with E-state index in [1.165, 1.54) is 12.1 Å². The molecule has 1 nitrogen and oxygen atoms in total. The molecule has 0 N–H and O–H groups in total. The molecule has 0 aliphatic rings. The van der Waals surface area contributed by atoms with E-state index in [1.807, 2.05) is 0 Å². The van der Waals surface area contributed by atoms with Gasteiger partial charge < -0.3 is 0 Å². The maximum Gasteiger partial charge on any atom is 0.0360 e. The van der Waals surface area contributed by atoms with Crippen molar-refractivity contribution in [3.63, 3.8) is 0 Å². The molecule has 0 amide bonds. The van der Waals surface area contributed by atoms with Gasteiger partial charge >= 0.3 is 0 Å². The summed E-state index contributed by atoms with van der Waals surface area (Å²) in [5.74, 6) is 0.777. The molecule has 0 bridgehead atoms. The molecular weight excluding hydrogens is 146 g/mol. The van der Waals surface area contributed by atoms with Gasteiger partial charge in [0.05, 0.1) is 0 Å². The Bertz CT molecular complexity index is 99.4. The summed E-state index contributed by atoms with van der Waals surface area (Å²) in [6.45, 7) is 5.05. The van der Waals surface area contributed by atoms with Crippen molar-refractivity contribution in [1.82, 2.24) is 0 Å². The first kappa shape index (κ1) is 9.96. The maximum absolute atomic E-state index is 5.52. The minimum absolute atomic E-state index is 0.777. The number of hydrogen-bond donors (Lipinski definition) is 0. The second-order valence-electron chi connectivity index (χ2n) is 2.36. The normalized spacial score (nSPS) is 12.1. The predicted molar refractivity (Wildman–Crippen MR) is 48.2 cm³/mol. The molecule has 0 saturated carbocycles. The van der Waals surface area contributed by atoms with Crippen LogP contribution in [0.1, 0.15) is 33.1 Å². The van der Waals surface area contributed by atoms with Gasteiger partial charge in [-0.1, -0.05) is 0 Å². The Hall–Kier alpha value is -0.0400. The second-order valence-corrected chi connectivity index (χ2v) is 2.73. The van der Waals surface area contributed by atoms with Gasteiger partial charge in [0.25, 0.3) is 0 Å². The van der Waals surface area contributed by atoms with Crippen molar-refractivity contribution < 1.29 is 0 Å². The molecule has 0 aliphatic carbocycles. The smallest absolute Gasteiger partial charge is 0.0360 e. The summed E-state index contributed by atoms with van der Waals surface area (Å²) in [6.07, 6.45) is 3.40. The molecule has 0 spiro atoms. The first-order valence-corrected chi connectivity index (χ1v) is 4.40. The standard InChI is InChI=1S/C8H16ClN/c1-3-10-8(2)6-4-5-7-9/h3-7H2,1-2H3. The van der Waals surface area contributed by atoms with Crippen LogP contribution in [0.3, 0.4) is 0 Å². The molecule has 0 aromatic carbocycles. The lowest BCUT2D eigenvalue weighted by Gasteiger charge is -1.96. The predicted octanol–water partition coefficient (Wildman–Crippen LogP) is 2.88. The van der Waals surface area contributed by atoms with E-state index in [-0.39, 0.29) is 0 Å². The maximum atomic E-state index is 5.52. The van der Waals surface area contributed by atoms with E-state index < -0.39 is 0 Å². The van der Waals surface area contributed by atoms with Gasteiger partial charge in [-0.25, -0.2) is 0 Å². The third-order valence-electron chi connectivity index (χ3n) is 1.35. The van der Waals surface area contributed by atoms with Gasteiger partial charge in [-0.05, 0) is 33.1 Å². The average molecular weight is 162 g/mol. The highest BCUT2D eigenvalue weighted by atomic mass is 35.5. The zero-order valence-electron chi connectivity index (χ0n) is 6.86. The van der Waals surface area contributed by atoms with E-state index in [0.29, 0.717) is 0 Å². The number of aliphatic imine (C=N–C) groups is 1. The molecule has 0 atom stereocenters. The van der Waals surface area contributed by atoms with E-state index in [9.17, 15) is 0 Å². The van der Waals surface area contributed by atoms with E-state index in [2.05, 4.69) is 18.8 Å². The number of alkyl halides is 1. The molecule has 0 aliphatic heterocycles. The zero-order chi connectivity index (χ0) is 7.82. The van der Waals surface area contributed by atoms with Gasteiger partial charge in [-0.15, -0.1) is 11.6 Å². The number of rotatable bonds is 5. The van der Waals surface area contributed by atoms with Crippen LogP contribution < -0.4 is 0 Å². The fourth-order valence-electron chi connectivity index (χ4n) is 0.824. The minimum Gasteiger partial charge on any atom is -0.295 e. The SMILES string of the molecule is CCN=C(C)CCCCCl. The number of hydrogen-bond acceptors (Lipinski definition) is 1. The van der Waals surface area contributed by atoms with E-state index in [4.69, 9.17) is 11.6 Å². The molecule has 0 unspecified atom stereocenters. The summed E-state index contributed by atoms with van der Waals surface area (Å²) in [4.78, 5) is 4.27. The van der Waals surface area contributed by atoms with Crippen molar-refractivity contribution >= 4 is 17.3 Å². The lowest BCUT2D eigenvalue weighted by atomic mass is 10.2. The second kappa shape index (κ2) is 7.07. The summed E-state index contributed by atoms with van der Waals surface area (Å²) in [6, 6.07) is 0. The number of halogens is 1. The largest absolute Gasteiger partial charge is 0.295 e. The van der Waals surface area contributed by atoms with Crippen molar-refractivity contribution in [2.24, 2.45) is 4.99 Å². The lowest BCUT2D eigenvalue weighted by Crippen LogP contribution is -1.92. The van der Waals surface area contributed by atoms with Crippen molar-refractivity contribution in [2.45, 2.75) is 33.1 Å². The monoisotopic (exact) mass is 161 g/mol. The van der Waals surface area contributed by atoms with Gasteiger partial charge in [0.1, 0.15) is 0 Å². The lowest BCUT2D eigenvalue weighted by molar-refractivity contribution is 0.835. The molecule has 0 aromatic heterocycles. The van der Waals surface area contributed by atoms with Crippen LogP contribution in [0.25, 0.3) is 0 Å². The first-order chi connectivity index (χ1) is 4.81. The third kappa shape index (κ3) is 6.09. The van der Waals surface area contributed by atoms with Crippen LogP contribution in [-0.4, -0.2) is 18.1 Å². The number of nitrogens with zero attached hydrogens (tertiary/aromatic N) is 1. The first-order valence-electron chi connectivity index (χ1n) is 3.87. The summed E-state index contributed by atoms with van der Waals surface area (Å²) >= 11 is 5.52. The molecular formula is C8H16ClN. The molecule has 0 radical (unpaired) electrons. The Morgan fingerprint density at radius 2 is 2.10 bits per heavy atom. The van der Waals surface area contributed by atoms with Gasteiger partial charge in [0, 0.05) is 18.1 Å². The molecule has 0 saturated heterocycles. The van der Waals surface area contributed by atoms with E-state index in [0.717, 1.165) is 25.3 Å². The van der Waals surface area contributed by atoms with Crippen molar-refractivity contribution in [3.05, 3.63) is 0 Å². The number of unbranched alkanes of at least 4 members (excludes halogenated alkanes) is 1. The van der Waals surface area contributed by atoms with Crippen molar-refractivity contribution in [2.75, 3.05) is 12.4 Å². The van der Waals surface area contributed by atoms with Gasteiger partial charge in [0.15, 0.2) is 0 Å². The summed E-state index contributed by atoms with van der Waals surface area (Å²) in [5.41, 5.74) is 1.26. The van der Waals surface area contributed by atoms with Crippen LogP contribution >= 0.6 is 11.6 Å². The van der Waals surface area contributed by atoms with Crippen molar-refractivity contribution in [3.8, 4) is 0 Å². The molecule has 2 heteroatoms. The Morgan fingerprint density at radius 1 is 1.40 bits per heavy atom. The Morgan fingerprint density at radius 3 is 2.60 bits per heavy atom. The summed E-state index contributed by atoms with van der Waals surface area (Å²) in [7, 11) is 0. The van der Waals surface area contributed by atoms with Crippen LogP contribution in [0.5, 0.6) is 0 Å². The summed E-state index contributed by atoms with van der Waals surface area (Å²) in [5, 5.41) is 0. The molecule has 0 rings (SSSR count). The van der Waals surface area contributed by atoms with Crippen LogP contribution in [0.2, 0.25) is 0 Å². The molecule has 0 aromatic rings. The Balaban J connectivity index is 3.21. The van der Waals surface area contributed by atoms with E-state index >= 15 is 0 Å². The van der Waals surface area contributed by atoms with Crippen LogP contribution in [0, 0.1) is 0 Å². The van der Waals surface area contributed by atoms with Gasteiger partial charge in [-0.3, -0.25) is 4.99 Å². The Labute approximate surface area is 68.5 Å². The van der Waals surface area contributed by atoms with Crippen LogP contribution in [0.4, 0.5) is 0 Å². The van der Waals surface area contributed by atoms with Gasteiger partial charge in [-0.2, -0.15) is 0 Å². The van der Waals surface area contributed by atoms with Crippen molar-refractivity contribution in [1.29, 1.82) is 0 Å². The highest BCUT2D eigenvalue weighted by molar-refractivity contribution is 6.17. The topological polar surface area (TPSA) is 12.4 Å². The molecule has 0 fully saturated rings.